The van der Waals surface area contributed by atoms with Crippen LogP contribution in [-0.4, -0.2) is 26.2 Å². The lowest BCUT2D eigenvalue weighted by atomic mass is 10.2. The predicted molar refractivity (Wildman–Crippen MR) is 94.7 cm³/mol. The van der Waals surface area contributed by atoms with E-state index in [0.29, 0.717) is 33.0 Å². The number of methoxy groups -OCH3 is 2. The molecule has 0 fully saturated rings. The quantitative estimate of drug-likeness (QED) is 0.818. The second-order valence-corrected chi connectivity index (χ2v) is 5.73. The SMILES string of the molecule is COc1cc(OC)c(NC(=O)C(C)Oc2ccc(Cl)cc2)cc1Cl. The van der Waals surface area contributed by atoms with Gasteiger partial charge in [-0.25, -0.2) is 0 Å². The number of ether oxygens (including phenoxy) is 3. The minimum Gasteiger partial charge on any atom is -0.495 e. The molecular weight excluding hydrogens is 353 g/mol. The van der Waals surface area contributed by atoms with E-state index in [1.54, 1.807) is 43.3 Å². The number of hydrogen-bond donors (Lipinski definition) is 1. The van der Waals surface area contributed by atoms with Crippen LogP contribution in [0.5, 0.6) is 17.2 Å². The van der Waals surface area contributed by atoms with Crippen LogP contribution in [0.25, 0.3) is 0 Å². The molecule has 0 aromatic heterocycles. The normalized spacial score (nSPS) is 11.5. The van der Waals surface area contributed by atoms with Crippen LogP contribution in [0.4, 0.5) is 5.69 Å². The lowest BCUT2D eigenvalue weighted by Crippen LogP contribution is -2.30. The zero-order valence-corrected chi connectivity index (χ0v) is 14.9. The van der Waals surface area contributed by atoms with Crippen molar-refractivity contribution in [3.05, 3.63) is 46.4 Å². The summed E-state index contributed by atoms with van der Waals surface area (Å²) < 4.78 is 16.0. The first kappa shape index (κ1) is 18.2. The zero-order chi connectivity index (χ0) is 17.7. The molecule has 0 spiro atoms. The minimum atomic E-state index is -0.725. The van der Waals surface area contributed by atoms with Crippen LogP contribution in [0.3, 0.4) is 0 Å². The second kappa shape index (κ2) is 8.13. The summed E-state index contributed by atoms with van der Waals surface area (Å²) >= 11 is 11.9. The van der Waals surface area contributed by atoms with Gasteiger partial charge in [0, 0.05) is 11.1 Å². The molecule has 5 nitrogen and oxygen atoms in total. The number of nitrogens with one attached hydrogen (secondary N) is 1. The van der Waals surface area contributed by atoms with Crippen molar-refractivity contribution in [2.75, 3.05) is 19.5 Å². The van der Waals surface area contributed by atoms with Crippen molar-refractivity contribution in [3.63, 3.8) is 0 Å². The third kappa shape index (κ3) is 4.46. The largest absolute Gasteiger partial charge is 0.495 e. The Labute approximate surface area is 150 Å². The lowest BCUT2D eigenvalue weighted by molar-refractivity contribution is -0.122. The zero-order valence-electron chi connectivity index (χ0n) is 13.4. The highest BCUT2D eigenvalue weighted by Gasteiger charge is 2.18. The summed E-state index contributed by atoms with van der Waals surface area (Å²) in [4.78, 5) is 12.3. The van der Waals surface area contributed by atoms with E-state index in [9.17, 15) is 4.79 Å². The fraction of sp³-hybridized carbons (Fsp3) is 0.235. The fourth-order valence-electron chi connectivity index (χ4n) is 1.96. The maximum absolute atomic E-state index is 12.3. The Kier molecular flexibility index (Phi) is 6.17. The summed E-state index contributed by atoms with van der Waals surface area (Å²) in [6.45, 7) is 1.64. The molecule has 1 atom stereocenters. The van der Waals surface area contributed by atoms with Gasteiger partial charge in [-0.15, -0.1) is 0 Å². The molecule has 0 heterocycles. The number of halogens is 2. The molecule has 0 aliphatic rings. The highest BCUT2D eigenvalue weighted by Crippen LogP contribution is 2.36. The van der Waals surface area contributed by atoms with Crippen molar-refractivity contribution >= 4 is 34.8 Å². The van der Waals surface area contributed by atoms with Gasteiger partial charge in [0.1, 0.15) is 17.2 Å². The molecular formula is C17H17Cl2NO4. The molecule has 2 aromatic rings. The highest BCUT2D eigenvalue weighted by atomic mass is 35.5. The Hall–Kier alpha value is -2.11. The Morgan fingerprint density at radius 2 is 1.67 bits per heavy atom. The molecule has 1 N–H and O–H groups in total. The number of anilines is 1. The maximum atomic E-state index is 12.3. The van der Waals surface area contributed by atoms with Crippen LogP contribution in [-0.2, 0) is 4.79 Å². The van der Waals surface area contributed by atoms with Crippen molar-refractivity contribution in [1.29, 1.82) is 0 Å². The molecule has 0 aliphatic heterocycles. The highest BCUT2D eigenvalue weighted by molar-refractivity contribution is 6.32. The number of hydrogen-bond acceptors (Lipinski definition) is 4. The monoisotopic (exact) mass is 369 g/mol. The standard InChI is InChI=1S/C17H17Cl2NO4/c1-10(24-12-6-4-11(18)5-7-12)17(21)20-14-8-13(19)15(22-2)9-16(14)23-3/h4-10H,1-3H3,(H,20,21). The van der Waals surface area contributed by atoms with Gasteiger partial charge in [0.15, 0.2) is 6.10 Å². The van der Waals surface area contributed by atoms with E-state index in [1.807, 2.05) is 0 Å². The summed E-state index contributed by atoms with van der Waals surface area (Å²) in [7, 11) is 2.99. The number of carbonyl (C=O) groups excluding carboxylic acids is 1. The predicted octanol–water partition coefficient (Wildman–Crippen LogP) is 4.42. The first-order chi connectivity index (χ1) is 11.4. The Morgan fingerprint density at radius 3 is 2.25 bits per heavy atom. The van der Waals surface area contributed by atoms with Gasteiger partial charge in [0.05, 0.1) is 24.9 Å². The van der Waals surface area contributed by atoms with Crippen molar-refractivity contribution < 1.29 is 19.0 Å². The first-order valence-electron chi connectivity index (χ1n) is 7.09. The van der Waals surface area contributed by atoms with Crippen LogP contribution in [0.1, 0.15) is 6.92 Å². The summed E-state index contributed by atoms with van der Waals surface area (Å²) in [6, 6.07) is 9.92. The molecule has 1 amide bonds. The molecule has 128 valence electrons. The Morgan fingerprint density at radius 1 is 1.04 bits per heavy atom. The summed E-state index contributed by atoms with van der Waals surface area (Å²) in [5.74, 6) is 1.09. The van der Waals surface area contributed by atoms with E-state index in [1.165, 1.54) is 14.2 Å². The maximum Gasteiger partial charge on any atom is 0.265 e. The fourth-order valence-corrected chi connectivity index (χ4v) is 2.33. The molecule has 2 aromatic carbocycles. The van der Waals surface area contributed by atoms with Crippen LogP contribution in [0, 0.1) is 0 Å². The molecule has 0 radical (unpaired) electrons. The number of carbonyl (C=O) groups is 1. The van der Waals surface area contributed by atoms with Gasteiger partial charge in [-0.3, -0.25) is 4.79 Å². The van der Waals surface area contributed by atoms with E-state index in [-0.39, 0.29) is 5.91 Å². The number of benzene rings is 2. The van der Waals surface area contributed by atoms with Crippen LogP contribution in [0.15, 0.2) is 36.4 Å². The third-order valence-corrected chi connectivity index (χ3v) is 3.77. The molecule has 24 heavy (non-hydrogen) atoms. The van der Waals surface area contributed by atoms with Gasteiger partial charge in [0.25, 0.3) is 5.91 Å². The average molecular weight is 370 g/mol. The second-order valence-electron chi connectivity index (χ2n) is 4.89. The molecule has 7 heteroatoms. The van der Waals surface area contributed by atoms with Crippen LogP contribution >= 0.6 is 23.2 Å². The van der Waals surface area contributed by atoms with E-state index >= 15 is 0 Å². The van der Waals surface area contributed by atoms with E-state index in [2.05, 4.69) is 5.32 Å². The van der Waals surface area contributed by atoms with Gasteiger partial charge in [-0.2, -0.15) is 0 Å². The molecule has 0 saturated heterocycles. The lowest BCUT2D eigenvalue weighted by Gasteiger charge is -2.17. The van der Waals surface area contributed by atoms with Crippen molar-refractivity contribution in [3.8, 4) is 17.2 Å². The summed E-state index contributed by atoms with van der Waals surface area (Å²) in [5, 5.41) is 3.69. The van der Waals surface area contributed by atoms with E-state index in [0.717, 1.165) is 0 Å². The van der Waals surface area contributed by atoms with Crippen LogP contribution < -0.4 is 19.5 Å². The Bertz CT molecular complexity index is 719. The van der Waals surface area contributed by atoms with E-state index in [4.69, 9.17) is 37.4 Å². The molecule has 2 rings (SSSR count). The Balaban J connectivity index is 2.10. The summed E-state index contributed by atoms with van der Waals surface area (Å²) in [6.07, 6.45) is -0.725. The average Bonchev–Trinajstić information content (AvgIpc) is 2.57. The molecule has 0 saturated carbocycles. The van der Waals surface area contributed by atoms with Crippen molar-refractivity contribution in [2.45, 2.75) is 13.0 Å². The first-order valence-corrected chi connectivity index (χ1v) is 7.84. The molecule has 0 aliphatic carbocycles. The van der Waals surface area contributed by atoms with E-state index < -0.39 is 6.10 Å². The smallest absolute Gasteiger partial charge is 0.265 e. The molecule has 0 bridgehead atoms. The van der Waals surface area contributed by atoms with Gasteiger partial charge in [-0.05, 0) is 37.3 Å². The number of rotatable bonds is 6. The third-order valence-electron chi connectivity index (χ3n) is 3.23. The van der Waals surface area contributed by atoms with Crippen LogP contribution in [0.2, 0.25) is 10.0 Å². The van der Waals surface area contributed by atoms with Gasteiger partial charge in [0.2, 0.25) is 0 Å². The topological polar surface area (TPSA) is 56.8 Å². The summed E-state index contributed by atoms with van der Waals surface area (Å²) in [5.41, 5.74) is 0.430. The van der Waals surface area contributed by atoms with Gasteiger partial charge >= 0.3 is 0 Å². The van der Waals surface area contributed by atoms with Gasteiger partial charge < -0.3 is 19.5 Å². The van der Waals surface area contributed by atoms with Gasteiger partial charge in [-0.1, -0.05) is 23.2 Å². The van der Waals surface area contributed by atoms with Crippen molar-refractivity contribution in [1.82, 2.24) is 0 Å². The minimum absolute atomic E-state index is 0.343. The number of amides is 1. The molecule has 1 unspecified atom stereocenters. The van der Waals surface area contributed by atoms with Crippen molar-refractivity contribution in [2.24, 2.45) is 0 Å².